The third kappa shape index (κ3) is 4.17. The normalized spacial score (nSPS) is 19.2. The fraction of sp³-hybridized carbons (Fsp3) is 0.209. The van der Waals surface area contributed by atoms with E-state index in [0.717, 1.165) is 74.8 Å². The number of phenols is 1. The molecule has 9 rings (SSSR count). The molecule has 2 aliphatic heterocycles. The molecule has 0 aromatic heterocycles. The molecule has 0 amide bonds. The van der Waals surface area contributed by atoms with Crippen LogP contribution in [0.15, 0.2) is 108 Å². The molecule has 1 aliphatic carbocycles. The van der Waals surface area contributed by atoms with Crippen LogP contribution in [0.4, 0.5) is 5.69 Å². The van der Waals surface area contributed by atoms with Gasteiger partial charge in [-0.2, -0.15) is 0 Å². The molecule has 0 radical (unpaired) electrons. The summed E-state index contributed by atoms with van der Waals surface area (Å²) in [7, 11) is 0. The van der Waals surface area contributed by atoms with Crippen molar-refractivity contribution in [3.05, 3.63) is 141 Å². The van der Waals surface area contributed by atoms with Gasteiger partial charge in [0.25, 0.3) is 0 Å². The Morgan fingerprint density at radius 1 is 0.792 bits per heavy atom. The van der Waals surface area contributed by atoms with Crippen LogP contribution < -0.4 is 9.64 Å². The van der Waals surface area contributed by atoms with Crippen molar-refractivity contribution < 1.29 is 14.6 Å². The molecule has 6 aromatic carbocycles. The molecule has 6 aromatic rings. The van der Waals surface area contributed by atoms with Crippen molar-refractivity contribution in [2.75, 3.05) is 31.2 Å². The zero-order valence-electron chi connectivity index (χ0n) is 27.3. The van der Waals surface area contributed by atoms with Crippen molar-refractivity contribution in [2.45, 2.75) is 31.8 Å². The standard InChI is InChI=1S/C43H36BrNO3/c1-26-12-17-30-34(24-26)42(2,3)40-32-18-19-43(27-8-5-4-6-9-27,28-13-15-29(16-14-28)45-20-22-47-23-21-45)48-41(32)38-31-10-7-11-36(46)39(31)35(44)25-33(38)37(30)40/h4-19,24-25,46H,20-23H2,1-3H3. The number of nitrogens with zero attached hydrogens (tertiary/aromatic N) is 1. The van der Waals surface area contributed by atoms with Crippen LogP contribution in [0.2, 0.25) is 0 Å². The lowest BCUT2D eigenvalue weighted by Crippen LogP contribution is -2.37. The van der Waals surface area contributed by atoms with Crippen molar-refractivity contribution in [2.24, 2.45) is 0 Å². The lowest BCUT2D eigenvalue weighted by molar-refractivity contribution is 0.122. The van der Waals surface area contributed by atoms with Crippen molar-refractivity contribution in [3.8, 4) is 22.6 Å². The maximum atomic E-state index is 11.2. The first kappa shape index (κ1) is 29.6. The van der Waals surface area contributed by atoms with Crippen LogP contribution in [0.5, 0.6) is 11.5 Å². The Morgan fingerprint density at radius 2 is 1.54 bits per heavy atom. The van der Waals surface area contributed by atoms with Gasteiger partial charge in [0.15, 0.2) is 5.60 Å². The Kier molecular flexibility index (Phi) is 6.60. The molecule has 1 unspecified atom stereocenters. The summed E-state index contributed by atoms with van der Waals surface area (Å²) in [5.74, 6) is 1.08. The molecular formula is C43H36BrNO3. The van der Waals surface area contributed by atoms with Gasteiger partial charge in [0.2, 0.25) is 0 Å². The van der Waals surface area contributed by atoms with E-state index in [1.807, 2.05) is 6.07 Å². The summed E-state index contributed by atoms with van der Waals surface area (Å²) in [4.78, 5) is 2.38. The fourth-order valence-electron chi connectivity index (χ4n) is 8.40. The molecule has 1 N–H and O–H groups in total. The highest BCUT2D eigenvalue weighted by Crippen LogP contribution is 2.60. The Bertz CT molecular complexity index is 2300. The summed E-state index contributed by atoms with van der Waals surface area (Å²) >= 11 is 3.86. The number of phenolic OH excluding ortho intramolecular Hbond substituents is 1. The molecule has 4 nitrogen and oxygen atoms in total. The number of benzene rings is 6. The van der Waals surface area contributed by atoms with E-state index in [1.54, 1.807) is 6.07 Å². The second-order valence-corrected chi connectivity index (χ2v) is 14.7. The van der Waals surface area contributed by atoms with Crippen molar-refractivity contribution >= 4 is 49.2 Å². The average molecular weight is 695 g/mol. The minimum atomic E-state index is -0.874. The van der Waals surface area contributed by atoms with Gasteiger partial charge in [0.05, 0.1) is 13.2 Å². The molecule has 1 fully saturated rings. The Balaban J connectivity index is 1.36. The predicted octanol–water partition coefficient (Wildman–Crippen LogP) is 10.3. The summed E-state index contributed by atoms with van der Waals surface area (Å²) in [5, 5.41) is 15.0. The average Bonchev–Trinajstić information content (AvgIpc) is 3.35. The van der Waals surface area contributed by atoms with Crippen molar-refractivity contribution in [1.29, 1.82) is 0 Å². The summed E-state index contributed by atoms with van der Waals surface area (Å²) in [6.45, 7) is 10.1. The molecule has 238 valence electrons. The van der Waals surface area contributed by atoms with E-state index in [2.05, 4.69) is 139 Å². The SMILES string of the molecule is Cc1ccc2c(c1)C(C)(C)c1c3c(c4c(cc(Br)c5c(O)cccc54)c1-2)OC(c1ccccc1)(c1ccc(N2CCOCC2)cc1)C=C3. The smallest absolute Gasteiger partial charge is 0.178 e. The van der Waals surface area contributed by atoms with Gasteiger partial charge >= 0.3 is 0 Å². The molecule has 1 atom stereocenters. The summed E-state index contributed by atoms with van der Waals surface area (Å²) in [5.41, 5.74) is 9.62. The number of rotatable bonds is 3. The first-order chi connectivity index (χ1) is 23.3. The third-order valence-corrected chi connectivity index (χ3v) is 11.3. The number of hydrogen-bond acceptors (Lipinski definition) is 4. The molecule has 1 saturated heterocycles. The van der Waals surface area contributed by atoms with Crippen molar-refractivity contribution in [3.63, 3.8) is 0 Å². The number of hydrogen-bond donors (Lipinski definition) is 1. The van der Waals surface area contributed by atoms with E-state index in [9.17, 15) is 5.11 Å². The second kappa shape index (κ2) is 10.7. The molecule has 3 aliphatic rings. The molecule has 2 heterocycles. The van der Waals surface area contributed by atoms with Crippen LogP contribution in [0.3, 0.4) is 0 Å². The number of morpholine rings is 1. The third-order valence-electron chi connectivity index (χ3n) is 10.7. The van der Waals surface area contributed by atoms with Crippen LogP contribution in [-0.2, 0) is 15.8 Å². The lowest BCUT2D eigenvalue weighted by Gasteiger charge is -2.39. The van der Waals surface area contributed by atoms with Crippen molar-refractivity contribution in [1.82, 2.24) is 0 Å². The largest absolute Gasteiger partial charge is 0.507 e. The summed E-state index contributed by atoms with van der Waals surface area (Å²) in [6, 6.07) is 34.2. The van der Waals surface area contributed by atoms with E-state index in [4.69, 9.17) is 9.47 Å². The number of aryl methyl sites for hydroxylation is 1. The van der Waals surface area contributed by atoms with Gasteiger partial charge in [-0.25, -0.2) is 0 Å². The Labute approximate surface area is 289 Å². The minimum Gasteiger partial charge on any atom is -0.507 e. The van der Waals surface area contributed by atoms with E-state index < -0.39 is 5.60 Å². The molecular weight excluding hydrogens is 658 g/mol. The Hall–Kier alpha value is -4.58. The van der Waals surface area contributed by atoms with Gasteiger partial charge < -0.3 is 19.5 Å². The zero-order valence-corrected chi connectivity index (χ0v) is 28.9. The maximum absolute atomic E-state index is 11.2. The fourth-order valence-corrected chi connectivity index (χ4v) is 9.04. The van der Waals surface area contributed by atoms with E-state index >= 15 is 0 Å². The van der Waals surface area contributed by atoms with Gasteiger partial charge in [-0.1, -0.05) is 98.3 Å². The highest BCUT2D eigenvalue weighted by Gasteiger charge is 2.44. The molecule has 0 bridgehead atoms. The van der Waals surface area contributed by atoms with E-state index in [-0.39, 0.29) is 11.2 Å². The van der Waals surface area contributed by atoms with Gasteiger partial charge in [0.1, 0.15) is 11.5 Å². The van der Waals surface area contributed by atoms with Crippen LogP contribution in [0.1, 0.15) is 47.2 Å². The molecule has 5 heteroatoms. The van der Waals surface area contributed by atoms with E-state index in [1.165, 1.54) is 33.5 Å². The predicted molar refractivity (Wildman–Crippen MR) is 199 cm³/mol. The van der Waals surface area contributed by atoms with Crippen LogP contribution in [0, 0.1) is 6.92 Å². The number of halogens is 1. The molecule has 48 heavy (non-hydrogen) atoms. The van der Waals surface area contributed by atoms with Crippen LogP contribution in [-0.4, -0.2) is 31.4 Å². The number of ether oxygens (including phenoxy) is 2. The first-order valence-electron chi connectivity index (χ1n) is 16.7. The number of aromatic hydroxyl groups is 1. The van der Waals surface area contributed by atoms with Gasteiger partial charge in [-0.05, 0) is 86.2 Å². The molecule has 0 spiro atoms. The number of fused-ring (bicyclic) bond motifs is 10. The van der Waals surface area contributed by atoms with Gasteiger partial charge in [0, 0.05) is 56.1 Å². The zero-order chi connectivity index (χ0) is 32.8. The second-order valence-electron chi connectivity index (χ2n) is 13.8. The maximum Gasteiger partial charge on any atom is 0.178 e. The van der Waals surface area contributed by atoms with Crippen LogP contribution in [0.25, 0.3) is 38.7 Å². The number of anilines is 1. The highest BCUT2D eigenvalue weighted by molar-refractivity contribution is 9.10. The summed E-state index contributed by atoms with van der Waals surface area (Å²) in [6.07, 6.45) is 4.56. The topological polar surface area (TPSA) is 41.9 Å². The molecule has 0 saturated carbocycles. The summed E-state index contributed by atoms with van der Waals surface area (Å²) < 4.78 is 14.1. The Morgan fingerprint density at radius 3 is 2.31 bits per heavy atom. The van der Waals surface area contributed by atoms with Gasteiger partial charge in [-0.3, -0.25) is 0 Å². The van der Waals surface area contributed by atoms with Crippen LogP contribution >= 0.6 is 15.9 Å². The quantitative estimate of drug-likeness (QED) is 0.187. The van der Waals surface area contributed by atoms with E-state index in [0.29, 0.717) is 0 Å². The monoisotopic (exact) mass is 693 g/mol. The first-order valence-corrected chi connectivity index (χ1v) is 17.5. The van der Waals surface area contributed by atoms with Gasteiger partial charge in [-0.15, -0.1) is 0 Å². The lowest BCUT2D eigenvalue weighted by atomic mass is 9.76. The highest BCUT2D eigenvalue weighted by atomic mass is 79.9. The minimum absolute atomic E-state index is 0.242.